The number of nitrogens with zero attached hydrogens (tertiary/aromatic N) is 6. The Labute approximate surface area is 112 Å². The molecule has 0 N–H and O–H groups in total. The first-order valence-electron chi connectivity index (χ1n) is 6.61. The van der Waals surface area contributed by atoms with Gasteiger partial charge in [0.1, 0.15) is 24.3 Å². The molecule has 19 heavy (non-hydrogen) atoms. The zero-order valence-corrected chi connectivity index (χ0v) is 11.3. The first kappa shape index (κ1) is 12.1. The molecule has 0 radical (unpaired) electrons. The first-order chi connectivity index (χ1) is 9.24. The molecular weight excluding hydrogens is 240 g/mol. The Morgan fingerprint density at radius 3 is 2.63 bits per heavy atom. The monoisotopic (exact) mass is 258 g/mol. The van der Waals surface area contributed by atoms with Crippen molar-refractivity contribution in [1.82, 2.24) is 24.7 Å². The SMILES string of the molecule is Cc1cc(N2CCC(c3nncn3C)CC2)ncn1. The number of piperidine rings is 1. The quantitative estimate of drug-likeness (QED) is 0.812. The van der Waals surface area contributed by atoms with Crippen LogP contribution in [0.5, 0.6) is 0 Å². The van der Waals surface area contributed by atoms with E-state index in [1.54, 1.807) is 12.7 Å². The summed E-state index contributed by atoms with van der Waals surface area (Å²) in [4.78, 5) is 10.8. The van der Waals surface area contributed by atoms with E-state index in [1.807, 2.05) is 24.6 Å². The number of hydrogen-bond donors (Lipinski definition) is 0. The van der Waals surface area contributed by atoms with E-state index in [0.717, 1.165) is 43.3 Å². The highest BCUT2D eigenvalue weighted by Gasteiger charge is 2.24. The second-order valence-corrected chi connectivity index (χ2v) is 5.08. The minimum absolute atomic E-state index is 0.506. The van der Waals surface area contributed by atoms with Crippen molar-refractivity contribution in [2.24, 2.45) is 7.05 Å². The first-order valence-corrected chi connectivity index (χ1v) is 6.61. The molecule has 2 aromatic heterocycles. The summed E-state index contributed by atoms with van der Waals surface area (Å²) in [5.41, 5.74) is 1.01. The largest absolute Gasteiger partial charge is 0.356 e. The number of aromatic nitrogens is 5. The van der Waals surface area contributed by atoms with E-state index in [4.69, 9.17) is 0 Å². The molecular formula is C13H18N6. The minimum atomic E-state index is 0.506. The average Bonchev–Trinajstić information content (AvgIpc) is 2.85. The van der Waals surface area contributed by atoms with E-state index in [2.05, 4.69) is 25.1 Å². The maximum absolute atomic E-state index is 4.35. The number of rotatable bonds is 2. The highest BCUT2D eigenvalue weighted by molar-refractivity contribution is 5.39. The van der Waals surface area contributed by atoms with Crippen LogP contribution < -0.4 is 4.90 Å². The van der Waals surface area contributed by atoms with Gasteiger partial charge in [-0.2, -0.15) is 0 Å². The van der Waals surface area contributed by atoms with Crippen molar-refractivity contribution < 1.29 is 0 Å². The van der Waals surface area contributed by atoms with E-state index >= 15 is 0 Å². The summed E-state index contributed by atoms with van der Waals surface area (Å²) in [5.74, 6) is 2.63. The summed E-state index contributed by atoms with van der Waals surface area (Å²) in [6.07, 6.45) is 5.60. The van der Waals surface area contributed by atoms with Crippen LogP contribution in [0, 0.1) is 6.92 Å². The number of anilines is 1. The Balaban J connectivity index is 1.68. The van der Waals surface area contributed by atoms with Crippen LogP contribution >= 0.6 is 0 Å². The molecule has 0 unspecified atom stereocenters. The van der Waals surface area contributed by atoms with Crippen molar-refractivity contribution in [3.05, 3.63) is 30.2 Å². The van der Waals surface area contributed by atoms with Crippen molar-refractivity contribution in [3.8, 4) is 0 Å². The van der Waals surface area contributed by atoms with Gasteiger partial charge in [-0.1, -0.05) is 0 Å². The van der Waals surface area contributed by atoms with E-state index in [0.29, 0.717) is 5.92 Å². The molecule has 0 saturated carbocycles. The van der Waals surface area contributed by atoms with Gasteiger partial charge < -0.3 is 9.47 Å². The fraction of sp³-hybridized carbons (Fsp3) is 0.538. The van der Waals surface area contributed by atoms with Gasteiger partial charge in [0.2, 0.25) is 0 Å². The van der Waals surface area contributed by atoms with Crippen LogP contribution in [-0.4, -0.2) is 37.8 Å². The maximum atomic E-state index is 4.35. The molecule has 2 aromatic rings. The zero-order chi connectivity index (χ0) is 13.2. The Hall–Kier alpha value is -1.98. The minimum Gasteiger partial charge on any atom is -0.356 e. The van der Waals surface area contributed by atoms with Crippen molar-refractivity contribution in [2.45, 2.75) is 25.7 Å². The molecule has 0 aromatic carbocycles. The fourth-order valence-corrected chi connectivity index (χ4v) is 2.64. The predicted molar refractivity (Wildman–Crippen MR) is 72.0 cm³/mol. The van der Waals surface area contributed by atoms with Gasteiger partial charge in [-0.25, -0.2) is 9.97 Å². The Bertz CT molecular complexity index is 556. The molecule has 1 saturated heterocycles. The maximum Gasteiger partial charge on any atom is 0.135 e. The van der Waals surface area contributed by atoms with Crippen molar-refractivity contribution in [1.29, 1.82) is 0 Å². The lowest BCUT2D eigenvalue weighted by Crippen LogP contribution is -2.34. The molecule has 0 aliphatic carbocycles. The van der Waals surface area contributed by atoms with E-state index in [-0.39, 0.29) is 0 Å². The summed E-state index contributed by atoms with van der Waals surface area (Å²) in [6.45, 7) is 4.01. The van der Waals surface area contributed by atoms with Gasteiger partial charge in [0, 0.05) is 37.8 Å². The van der Waals surface area contributed by atoms with Crippen molar-refractivity contribution in [3.63, 3.8) is 0 Å². The lowest BCUT2D eigenvalue weighted by atomic mass is 9.96. The second kappa shape index (κ2) is 4.95. The fourth-order valence-electron chi connectivity index (χ4n) is 2.64. The summed E-state index contributed by atoms with van der Waals surface area (Å²) >= 11 is 0. The highest BCUT2D eigenvalue weighted by atomic mass is 15.3. The van der Waals surface area contributed by atoms with Crippen LogP contribution in [0.3, 0.4) is 0 Å². The van der Waals surface area contributed by atoms with Gasteiger partial charge in [0.15, 0.2) is 0 Å². The van der Waals surface area contributed by atoms with E-state index in [1.165, 1.54) is 0 Å². The summed E-state index contributed by atoms with van der Waals surface area (Å²) in [6, 6.07) is 2.04. The van der Waals surface area contributed by atoms with Gasteiger partial charge in [-0.3, -0.25) is 0 Å². The molecule has 100 valence electrons. The van der Waals surface area contributed by atoms with Crippen LogP contribution in [0.2, 0.25) is 0 Å². The number of hydrogen-bond acceptors (Lipinski definition) is 5. The smallest absolute Gasteiger partial charge is 0.135 e. The van der Waals surface area contributed by atoms with Gasteiger partial charge in [-0.15, -0.1) is 10.2 Å². The third-order valence-corrected chi connectivity index (χ3v) is 3.72. The van der Waals surface area contributed by atoms with Crippen LogP contribution in [0.4, 0.5) is 5.82 Å². The Kier molecular flexibility index (Phi) is 3.15. The molecule has 6 nitrogen and oxygen atoms in total. The third kappa shape index (κ3) is 2.43. The molecule has 0 atom stereocenters. The van der Waals surface area contributed by atoms with Crippen LogP contribution in [0.25, 0.3) is 0 Å². The normalized spacial score (nSPS) is 16.8. The number of aryl methyl sites for hydroxylation is 2. The molecule has 0 bridgehead atoms. The summed E-state index contributed by atoms with van der Waals surface area (Å²) in [7, 11) is 2.01. The molecule has 3 heterocycles. The van der Waals surface area contributed by atoms with E-state index in [9.17, 15) is 0 Å². The van der Waals surface area contributed by atoms with Gasteiger partial charge in [-0.05, 0) is 19.8 Å². The van der Waals surface area contributed by atoms with E-state index < -0.39 is 0 Å². The molecule has 1 aliphatic rings. The molecule has 1 aliphatic heterocycles. The molecule has 1 fully saturated rings. The van der Waals surface area contributed by atoms with Crippen molar-refractivity contribution in [2.75, 3.05) is 18.0 Å². The lowest BCUT2D eigenvalue weighted by Gasteiger charge is -2.32. The molecule has 0 spiro atoms. The molecule has 0 amide bonds. The average molecular weight is 258 g/mol. The third-order valence-electron chi connectivity index (χ3n) is 3.72. The second-order valence-electron chi connectivity index (χ2n) is 5.08. The standard InChI is InChI=1S/C13H18N6/c1-10-7-12(15-8-14-10)19-5-3-11(4-6-19)13-17-16-9-18(13)2/h7-9,11H,3-6H2,1-2H3. The summed E-state index contributed by atoms with van der Waals surface area (Å²) in [5, 5.41) is 8.18. The highest BCUT2D eigenvalue weighted by Crippen LogP contribution is 2.28. The lowest BCUT2D eigenvalue weighted by molar-refractivity contribution is 0.472. The van der Waals surface area contributed by atoms with Gasteiger partial charge in [0.25, 0.3) is 0 Å². The Morgan fingerprint density at radius 1 is 1.21 bits per heavy atom. The van der Waals surface area contributed by atoms with Crippen LogP contribution in [0.15, 0.2) is 18.7 Å². The summed E-state index contributed by atoms with van der Waals surface area (Å²) < 4.78 is 2.02. The Morgan fingerprint density at radius 2 is 2.00 bits per heavy atom. The predicted octanol–water partition coefficient (Wildman–Crippen LogP) is 1.30. The van der Waals surface area contributed by atoms with Gasteiger partial charge in [0.05, 0.1) is 0 Å². The zero-order valence-electron chi connectivity index (χ0n) is 11.3. The van der Waals surface area contributed by atoms with Crippen molar-refractivity contribution >= 4 is 5.82 Å². The molecule has 6 heteroatoms. The molecule has 3 rings (SSSR count). The van der Waals surface area contributed by atoms with Crippen LogP contribution in [0.1, 0.15) is 30.3 Å². The van der Waals surface area contributed by atoms with Crippen LogP contribution in [-0.2, 0) is 7.05 Å². The van der Waals surface area contributed by atoms with Gasteiger partial charge >= 0.3 is 0 Å². The topological polar surface area (TPSA) is 59.7 Å².